The molecule has 5 amide bonds. The van der Waals surface area contributed by atoms with Crippen LogP contribution in [0, 0.1) is 27.6 Å². The summed E-state index contributed by atoms with van der Waals surface area (Å²) >= 11 is 0. The van der Waals surface area contributed by atoms with Gasteiger partial charge in [0.15, 0.2) is 0 Å². The van der Waals surface area contributed by atoms with Gasteiger partial charge >= 0.3 is 0 Å². The third kappa shape index (κ3) is 7.54. The second-order valence-corrected chi connectivity index (χ2v) is 20.5. The maximum atomic E-state index is 15.2. The molecule has 6 atom stereocenters. The summed E-state index contributed by atoms with van der Waals surface area (Å²) in [6.45, 7) is 13.5. The van der Waals surface area contributed by atoms with Crippen molar-refractivity contribution in [2.24, 2.45) is 27.6 Å². The topological polar surface area (TPSA) is 157 Å². The minimum absolute atomic E-state index is 0.0169. The lowest BCUT2D eigenvalue weighted by Crippen LogP contribution is -2.63. The van der Waals surface area contributed by atoms with Gasteiger partial charge in [-0.05, 0) is 106 Å². The summed E-state index contributed by atoms with van der Waals surface area (Å²) in [6, 6.07) is -3.32. The minimum Gasteiger partial charge on any atom is -0.347 e. The fraction of sp³-hybridized carbons (Fsp3) is 0.864. The molecule has 2 aliphatic heterocycles. The molecule has 1 unspecified atom stereocenters. The molecule has 12 heteroatoms. The Hall–Kier alpha value is -3.02. The molecule has 12 nitrogen and oxygen atoms in total. The molecule has 0 bridgehead atoms. The number of nitrogens with zero attached hydrogens (tertiary/aromatic N) is 2. The Balaban J connectivity index is 1.13. The third-order valence-electron chi connectivity index (χ3n) is 15.7. The highest BCUT2D eigenvalue weighted by Gasteiger charge is 2.85. The van der Waals surface area contributed by atoms with E-state index in [1.165, 1.54) is 0 Å². The molecular formula is C44H70N6O6. The van der Waals surface area contributed by atoms with E-state index in [1.54, 1.807) is 4.90 Å². The first kappa shape index (κ1) is 41.2. The van der Waals surface area contributed by atoms with Gasteiger partial charge in [-0.2, -0.15) is 0 Å². The second kappa shape index (κ2) is 15.6. The molecule has 56 heavy (non-hydrogen) atoms. The molecule has 2 heterocycles. The molecule has 7 fully saturated rings. The fourth-order valence-corrected chi connectivity index (χ4v) is 11.8. The van der Waals surface area contributed by atoms with Crippen molar-refractivity contribution in [3.05, 3.63) is 0 Å². The van der Waals surface area contributed by atoms with E-state index in [4.69, 9.17) is 0 Å². The van der Waals surface area contributed by atoms with Gasteiger partial charge in [-0.15, -0.1) is 0 Å². The zero-order chi connectivity index (χ0) is 40.2. The summed E-state index contributed by atoms with van der Waals surface area (Å²) in [4.78, 5) is 88.6. The number of carbonyl (C=O) groups excluding carboxylic acids is 6. The first-order chi connectivity index (χ1) is 26.5. The van der Waals surface area contributed by atoms with E-state index in [9.17, 15) is 24.0 Å². The summed E-state index contributed by atoms with van der Waals surface area (Å²) in [6.07, 6.45) is 16.2. The first-order valence-corrected chi connectivity index (χ1v) is 22.4. The predicted octanol–water partition coefficient (Wildman–Crippen LogP) is 4.53. The van der Waals surface area contributed by atoms with Crippen LogP contribution in [0.15, 0.2) is 0 Å². The molecule has 312 valence electrons. The Morgan fingerprint density at radius 3 is 1.98 bits per heavy atom. The second-order valence-electron chi connectivity index (χ2n) is 20.5. The average Bonchev–Trinajstić information content (AvgIpc) is 4.10. The molecule has 0 radical (unpaired) electrons. The lowest BCUT2D eigenvalue weighted by molar-refractivity contribution is -0.146. The summed E-state index contributed by atoms with van der Waals surface area (Å²) in [5.74, 6) is -2.49. The highest BCUT2D eigenvalue weighted by Crippen LogP contribution is 2.88. The number of Topliss-reactive ketones (excluding diaryl/α,β-unsaturated/α-hetero) is 1. The SMILES string of the molecule is CCC[C@H](NC(=O)[C@@H]1C[C@@]2(CN1C(=O)[C@@H](NC(=O)C(NC(=O)[C@@H]1CCCCN1C1CC1)C1CCCCC1)C(C)(C)C)C(C)(C)C21CCC1)C(=O)C(=O)NC1CC1. The Morgan fingerprint density at radius 1 is 0.750 bits per heavy atom. The van der Waals surface area contributed by atoms with Crippen molar-refractivity contribution in [2.45, 2.75) is 199 Å². The highest BCUT2D eigenvalue weighted by molar-refractivity contribution is 6.38. The number of hydrogen-bond acceptors (Lipinski definition) is 7. The molecule has 2 spiro atoms. The van der Waals surface area contributed by atoms with Gasteiger partial charge in [-0.3, -0.25) is 33.7 Å². The van der Waals surface area contributed by atoms with Crippen molar-refractivity contribution in [1.29, 1.82) is 0 Å². The van der Waals surface area contributed by atoms with Crippen molar-refractivity contribution in [3.8, 4) is 0 Å². The number of carbonyl (C=O) groups is 6. The van der Waals surface area contributed by atoms with Crippen LogP contribution in [0.4, 0.5) is 0 Å². The Labute approximate surface area is 334 Å². The van der Waals surface area contributed by atoms with Gasteiger partial charge in [0.25, 0.3) is 5.91 Å². The van der Waals surface area contributed by atoms with Crippen LogP contribution in [-0.4, -0.2) is 101 Å². The predicted molar refractivity (Wildman–Crippen MR) is 213 cm³/mol. The van der Waals surface area contributed by atoms with Crippen LogP contribution >= 0.6 is 0 Å². The van der Waals surface area contributed by atoms with E-state index in [0.717, 1.165) is 103 Å². The quantitative estimate of drug-likeness (QED) is 0.189. The number of nitrogens with one attached hydrogen (secondary N) is 4. The highest BCUT2D eigenvalue weighted by atomic mass is 16.2. The van der Waals surface area contributed by atoms with Crippen molar-refractivity contribution in [2.75, 3.05) is 13.1 Å². The molecule has 0 aromatic carbocycles. The van der Waals surface area contributed by atoms with Crippen molar-refractivity contribution in [1.82, 2.24) is 31.1 Å². The van der Waals surface area contributed by atoms with Crippen molar-refractivity contribution >= 4 is 35.3 Å². The van der Waals surface area contributed by atoms with Gasteiger partial charge in [0, 0.05) is 24.0 Å². The maximum Gasteiger partial charge on any atom is 0.289 e. The number of ketones is 1. The van der Waals surface area contributed by atoms with Crippen LogP contribution < -0.4 is 21.3 Å². The van der Waals surface area contributed by atoms with Gasteiger partial charge in [0.1, 0.15) is 18.1 Å². The van der Waals surface area contributed by atoms with E-state index in [2.05, 4.69) is 40.0 Å². The Kier molecular flexibility index (Phi) is 11.5. The number of piperidine rings is 1. The molecule has 4 N–H and O–H groups in total. The summed E-state index contributed by atoms with van der Waals surface area (Å²) < 4.78 is 0. The smallest absolute Gasteiger partial charge is 0.289 e. The Bertz CT molecular complexity index is 1550. The van der Waals surface area contributed by atoms with E-state index >= 15 is 4.79 Å². The molecule has 2 saturated heterocycles. The van der Waals surface area contributed by atoms with Crippen LogP contribution in [0.3, 0.4) is 0 Å². The number of hydrogen-bond donors (Lipinski definition) is 4. The van der Waals surface area contributed by atoms with E-state index in [0.29, 0.717) is 31.8 Å². The lowest BCUT2D eigenvalue weighted by atomic mass is 9.73. The minimum atomic E-state index is -0.984. The molecular weight excluding hydrogens is 709 g/mol. The van der Waals surface area contributed by atoms with Crippen LogP contribution in [0.1, 0.15) is 157 Å². The number of likely N-dealkylation sites (tertiary alicyclic amines) is 2. The van der Waals surface area contributed by atoms with E-state index in [1.807, 2.05) is 27.7 Å². The van der Waals surface area contributed by atoms with Crippen LogP contribution in [0.2, 0.25) is 0 Å². The van der Waals surface area contributed by atoms with Crippen LogP contribution in [-0.2, 0) is 28.8 Å². The maximum absolute atomic E-state index is 15.2. The molecule has 5 aliphatic carbocycles. The molecule has 7 aliphatic rings. The summed E-state index contributed by atoms with van der Waals surface area (Å²) in [5.41, 5.74) is -1.02. The van der Waals surface area contributed by atoms with Crippen LogP contribution in [0.5, 0.6) is 0 Å². The number of amides is 5. The molecule has 5 saturated carbocycles. The van der Waals surface area contributed by atoms with Gasteiger partial charge in [0.2, 0.25) is 29.4 Å². The summed E-state index contributed by atoms with van der Waals surface area (Å²) in [7, 11) is 0. The molecule has 0 aromatic rings. The monoisotopic (exact) mass is 779 g/mol. The molecule has 0 aromatic heterocycles. The van der Waals surface area contributed by atoms with Crippen LogP contribution in [0.25, 0.3) is 0 Å². The standard InChI is InChI=1S/C44H70N6O6/c1-7-14-30(34(51)39(55)45-28-18-19-28)46-37(53)32-25-44(42(5,6)43(44)22-13-23-43)26-50(32)40(56)35(41(2,3)4)48-38(54)33(27-15-9-8-10-16-27)47-36(52)31-17-11-12-24-49(31)29-20-21-29/h27-33,35H,7-26H2,1-6H3,(H,45,55)(H,46,53)(H,47,52)(H,48,54)/t30-,31-,32-,33?,35+,44+/m0/s1. The Morgan fingerprint density at radius 2 is 1.41 bits per heavy atom. The van der Waals surface area contributed by atoms with Gasteiger partial charge in [0.05, 0.1) is 12.1 Å². The summed E-state index contributed by atoms with van der Waals surface area (Å²) in [5, 5.41) is 12.1. The fourth-order valence-electron chi connectivity index (χ4n) is 11.8. The zero-order valence-corrected chi connectivity index (χ0v) is 35.1. The van der Waals surface area contributed by atoms with E-state index in [-0.39, 0.29) is 52.0 Å². The van der Waals surface area contributed by atoms with Gasteiger partial charge < -0.3 is 26.2 Å². The number of rotatable bonds is 14. The zero-order valence-electron chi connectivity index (χ0n) is 35.1. The van der Waals surface area contributed by atoms with E-state index < -0.39 is 47.2 Å². The molecule has 7 rings (SSSR count). The first-order valence-electron chi connectivity index (χ1n) is 22.4. The lowest BCUT2D eigenvalue weighted by Gasteiger charge is -2.39. The number of fused-ring (bicyclic) bond motifs is 1. The van der Waals surface area contributed by atoms with Crippen molar-refractivity contribution in [3.63, 3.8) is 0 Å². The average molecular weight is 779 g/mol. The third-order valence-corrected chi connectivity index (χ3v) is 15.7. The van der Waals surface area contributed by atoms with Crippen molar-refractivity contribution < 1.29 is 28.8 Å². The normalized spacial score (nSPS) is 30.1. The largest absolute Gasteiger partial charge is 0.347 e. The van der Waals surface area contributed by atoms with Gasteiger partial charge in [-0.1, -0.05) is 80.1 Å². The van der Waals surface area contributed by atoms with Gasteiger partial charge in [-0.25, -0.2) is 0 Å².